The Labute approximate surface area is 118 Å². The van der Waals surface area contributed by atoms with E-state index in [1.807, 2.05) is 5.43 Å². The van der Waals surface area contributed by atoms with Crippen LogP contribution in [0.25, 0.3) is 0 Å². The van der Waals surface area contributed by atoms with Gasteiger partial charge in [-0.1, -0.05) is 22.9 Å². The highest BCUT2D eigenvalue weighted by atomic mass is 35.5. The summed E-state index contributed by atoms with van der Waals surface area (Å²) in [5.41, 5.74) is 2.02. The minimum atomic E-state index is -0.547. The average molecular weight is 300 g/mol. The molecule has 20 heavy (non-hydrogen) atoms. The molecule has 0 bridgehead atoms. The first kappa shape index (κ1) is 14.2. The van der Waals surface area contributed by atoms with E-state index in [-0.39, 0.29) is 29.6 Å². The van der Waals surface area contributed by atoms with Crippen LogP contribution in [0.15, 0.2) is 24.4 Å². The third-order valence-corrected chi connectivity index (χ3v) is 2.69. The van der Waals surface area contributed by atoms with Crippen molar-refractivity contribution in [2.45, 2.75) is 6.54 Å². The van der Waals surface area contributed by atoms with E-state index in [1.165, 1.54) is 29.1 Å². The van der Waals surface area contributed by atoms with Gasteiger partial charge in [0.05, 0.1) is 17.8 Å². The summed E-state index contributed by atoms with van der Waals surface area (Å²) in [6.45, 7) is 0.392. The van der Waals surface area contributed by atoms with Crippen LogP contribution in [0.2, 0.25) is 5.02 Å². The van der Waals surface area contributed by atoms with Crippen LogP contribution in [0.1, 0.15) is 10.5 Å². The highest BCUT2D eigenvalue weighted by Gasteiger charge is 2.10. The van der Waals surface area contributed by atoms with Gasteiger partial charge in [-0.05, 0) is 12.1 Å². The first-order valence-corrected chi connectivity index (χ1v) is 5.97. The van der Waals surface area contributed by atoms with E-state index < -0.39 is 11.7 Å². The molecule has 0 saturated heterocycles. The van der Waals surface area contributed by atoms with E-state index in [9.17, 15) is 9.18 Å². The number of hydrazine groups is 1. The number of aromatic nitrogens is 3. The zero-order valence-corrected chi connectivity index (χ0v) is 11.0. The predicted molar refractivity (Wildman–Crippen MR) is 68.6 cm³/mol. The number of halogens is 2. The molecule has 1 amide bonds. The number of hydrogen-bond acceptors (Lipinski definition) is 5. The summed E-state index contributed by atoms with van der Waals surface area (Å²) in [5, 5.41) is 7.50. The molecule has 0 aliphatic rings. The van der Waals surface area contributed by atoms with Crippen molar-refractivity contribution in [3.8, 4) is 5.75 Å². The summed E-state index contributed by atoms with van der Waals surface area (Å²) in [5.74, 6) is 3.86. The molecule has 0 aliphatic heterocycles. The lowest BCUT2D eigenvalue weighted by atomic mass is 10.3. The van der Waals surface area contributed by atoms with Crippen molar-refractivity contribution >= 4 is 17.5 Å². The molecule has 3 N–H and O–H groups in total. The lowest BCUT2D eigenvalue weighted by molar-refractivity contribution is 0.0948. The Bertz CT molecular complexity index is 598. The van der Waals surface area contributed by atoms with Crippen LogP contribution in [0, 0.1) is 5.82 Å². The third-order valence-electron chi connectivity index (χ3n) is 2.39. The molecule has 0 radical (unpaired) electrons. The van der Waals surface area contributed by atoms with E-state index in [4.69, 9.17) is 22.2 Å². The molecule has 0 saturated carbocycles. The van der Waals surface area contributed by atoms with Crippen LogP contribution in [-0.2, 0) is 6.54 Å². The number of rotatable bonds is 5. The number of hydrogen-bond donors (Lipinski definition) is 2. The molecule has 106 valence electrons. The van der Waals surface area contributed by atoms with Crippen molar-refractivity contribution in [3.63, 3.8) is 0 Å². The maximum Gasteiger partial charge on any atom is 0.287 e. The predicted octanol–water partition coefficient (Wildman–Crippen LogP) is 0.753. The highest BCUT2D eigenvalue weighted by molar-refractivity contribution is 6.32. The standard InChI is InChI=1S/C11H11ClFN5O2/c12-7-2-1-3-8(13)10(7)20-5-4-18-6-9(16-17-18)11(19)15-14/h1-3,6H,4-5,14H2,(H,15,19). The topological polar surface area (TPSA) is 95.1 Å². The fourth-order valence-electron chi connectivity index (χ4n) is 1.45. The molecule has 0 fully saturated rings. The van der Waals surface area contributed by atoms with Gasteiger partial charge in [-0.25, -0.2) is 14.9 Å². The number of carbonyl (C=O) groups is 1. The number of nitrogens with two attached hydrogens (primary N) is 1. The average Bonchev–Trinajstić information content (AvgIpc) is 2.90. The summed E-state index contributed by atoms with van der Waals surface area (Å²) in [6.07, 6.45) is 1.40. The number of amides is 1. The van der Waals surface area contributed by atoms with Crippen LogP contribution in [0.3, 0.4) is 0 Å². The Balaban J connectivity index is 1.93. The van der Waals surface area contributed by atoms with Crippen molar-refractivity contribution in [2.24, 2.45) is 5.84 Å². The minimum absolute atomic E-state index is 0.0193. The zero-order valence-electron chi connectivity index (χ0n) is 10.2. The van der Waals surface area contributed by atoms with Gasteiger partial charge in [0.2, 0.25) is 0 Å². The SMILES string of the molecule is NNC(=O)c1cn(CCOc2c(F)cccc2Cl)nn1. The molecule has 1 aromatic heterocycles. The van der Waals surface area contributed by atoms with Gasteiger partial charge in [0.25, 0.3) is 5.91 Å². The smallest absolute Gasteiger partial charge is 0.287 e. The summed E-state index contributed by atoms with van der Waals surface area (Å²) in [4.78, 5) is 11.2. The molecule has 1 heterocycles. The van der Waals surface area contributed by atoms with Crippen molar-refractivity contribution in [1.82, 2.24) is 20.4 Å². The summed E-state index contributed by atoms with van der Waals surface area (Å²) in [6, 6.07) is 4.26. The van der Waals surface area contributed by atoms with E-state index in [0.717, 1.165) is 0 Å². The van der Waals surface area contributed by atoms with Crippen LogP contribution in [0.5, 0.6) is 5.75 Å². The third kappa shape index (κ3) is 3.22. The molecule has 1 aromatic carbocycles. The largest absolute Gasteiger partial charge is 0.487 e. The summed E-state index contributed by atoms with van der Waals surface area (Å²) < 4.78 is 20.0. The Kier molecular flexibility index (Phi) is 4.49. The number of nitrogens with zero attached hydrogens (tertiary/aromatic N) is 3. The van der Waals surface area contributed by atoms with Crippen LogP contribution in [-0.4, -0.2) is 27.5 Å². The first-order chi connectivity index (χ1) is 9.61. The molecule has 7 nitrogen and oxygen atoms in total. The summed E-state index contributed by atoms with van der Waals surface area (Å²) in [7, 11) is 0. The molecule has 0 spiro atoms. The van der Waals surface area contributed by atoms with E-state index in [2.05, 4.69) is 10.3 Å². The van der Waals surface area contributed by atoms with E-state index in [0.29, 0.717) is 0 Å². The van der Waals surface area contributed by atoms with Gasteiger partial charge in [-0.15, -0.1) is 5.10 Å². The Morgan fingerprint density at radius 3 is 3.05 bits per heavy atom. The second kappa shape index (κ2) is 6.31. The van der Waals surface area contributed by atoms with Crippen molar-refractivity contribution in [3.05, 3.63) is 40.9 Å². The van der Waals surface area contributed by atoms with Crippen molar-refractivity contribution in [2.75, 3.05) is 6.61 Å². The maximum atomic E-state index is 13.4. The fraction of sp³-hybridized carbons (Fsp3) is 0.182. The van der Waals surface area contributed by atoms with Gasteiger partial charge >= 0.3 is 0 Å². The lowest BCUT2D eigenvalue weighted by Crippen LogP contribution is -2.30. The summed E-state index contributed by atoms with van der Waals surface area (Å²) >= 11 is 5.81. The molecule has 0 atom stereocenters. The number of benzene rings is 1. The minimum Gasteiger partial charge on any atom is -0.487 e. The molecule has 2 aromatic rings. The number of nitrogen functional groups attached to an aromatic ring is 1. The van der Waals surface area contributed by atoms with Gasteiger partial charge in [0.15, 0.2) is 17.3 Å². The second-order valence-electron chi connectivity index (χ2n) is 3.74. The number of para-hydroxylation sites is 1. The molecular weight excluding hydrogens is 289 g/mol. The number of ether oxygens (including phenoxy) is 1. The highest BCUT2D eigenvalue weighted by Crippen LogP contribution is 2.26. The Hall–Kier alpha value is -2.19. The fourth-order valence-corrected chi connectivity index (χ4v) is 1.66. The molecule has 0 aliphatic carbocycles. The Morgan fingerprint density at radius 1 is 1.55 bits per heavy atom. The lowest BCUT2D eigenvalue weighted by Gasteiger charge is -2.08. The number of carbonyl (C=O) groups excluding carboxylic acids is 1. The van der Waals surface area contributed by atoms with Gasteiger partial charge in [0, 0.05) is 0 Å². The second-order valence-corrected chi connectivity index (χ2v) is 4.15. The molecule has 0 unspecified atom stereocenters. The number of nitrogens with one attached hydrogen (secondary N) is 1. The normalized spacial score (nSPS) is 10.3. The van der Waals surface area contributed by atoms with E-state index in [1.54, 1.807) is 0 Å². The monoisotopic (exact) mass is 299 g/mol. The van der Waals surface area contributed by atoms with Gasteiger partial charge < -0.3 is 4.74 Å². The van der Waals surface area contributed by atoms with Crippen molar-refractivity contribution < 1.29 is 13.9 Å². The van der Waals surface area contributed by atoms with Crippen LogP contribution in [0.4, 0.5) is 4.39 Å². The maximum absolute atomic E-state index is 13.4. The molecule has 2 rings (SSSR count). The van der Waals surface area contributed by atoms with Gasteiger partial charge in [-0.3, -0.25) is 10.2 Å². The molecule has 9 heteroatoms. The quantitative estimate of drug-likeness (QED) is 0.483. The zero-order chi connectivity index (χ0) is 14.5. The van der Waals surface area contributed by atoms with Crippen LogP contribution < -0.4 is 16.0 Å². The Morgan fingerprint density at radius 2 is 2.35 bits per heavy atom. The van der Waals surface area contributed by atoms with Gasteiger partial charge in [-0.2, -0.15) is 0 Å². The van der Waals surface area contributed by atoms with Crippen molar-refractivity contribution in [1.29, 1.82) is 0 Å². The van der Waals surface area contributed by atoms with Crippen LogP contribution >= 0.6 is 11.6 Å². The van der Waals surface area contributed by atoms with Gasteiger partial charge in [0.1, 0.15) is 6.61 Å². The molecular formula is C11H11ClFN5O2. The van der Waals surface area contributed by atoms with E-state index >= 15 is 0 Å². The first-order valence-electron chi connectivity index (χ1n) is 5.59.